The van der Waals surface area contributed by atoms with Gasteiger partial charge in [-0.3, -0.25) is 14.6 Å². The second kappa shape index (κ2) is 10.0. The van der Waals surface area contributed by atoms with Gasteiger partial charge in [0.15, 0.2) is 5.78 Å². The number of allylic oxidation sites excluding steroid dienone is 2. The average molecular weight is 447 g/mol. The van der Waals surface area contributed by atoms with Crippen LogP contribution in [0.1, 0.15) is 37.7 Å². The molecule has 1 aliphatic carbocycles. The van der Waals surface area contributed by atoms with Crippen LogP contribution in [0.4, 0.5) is 5.69 Å². The molecule has 6 heteroatoms. The zero-order chi connectivity index (χ0) is 23.4. The quantitative estimate of drug-likeness (QED) is 0.461. The van der Waals surface area contributed by atoms with Crippen molar-refractivity contribution >= 4 is 23.2 Å². The monoisotopic (exact) mass is 446 g/mol. The minimum absolute atomic E-state index is 0.0828. The maximum absolute atomic E-state index is 13.3. The molecule has 1 heterocycles. The first-order valence-corrected chi connectivity index (χ1v) is 11.4. The van der Waals surface area contributed by atoms with Crippen molar-refractivity contribution in [1.82, 2.24) is 0 Å². The summed E-state index contributed by atoms with van der Waals surface area (Å²) in [5, 5.41) is 0. The first-order valence-electron chi connectivity index (χ1n) is 11.4. The molecule has 0 aromatic heterocycles. The zero-order valence-electron chi connectivity index (χ0n) is 19.4. The lowest BCUT2D eigenvalue weighted by Gasteiger charge is -2.34. The number of ether oxygens (including phenoxy) is 2. The number of ketones is 1. The van der Waals surface area contributed by atoms with Gasteiger partial charge >= 0.3 is 5.97 Å². The van der Waals surface area contributed by atoms with Gasteiger partial charge in [-0.15, -0.1) is 0 Å². The second-order valence-electron chi connectivity index (χ2n) is 8.66. The fraction of sp³-hybridized carbons (Fsp3) is 0.370. The highest BCUT2D eigenvalue weighted by Gasteiger charge is 2.43. The molecule has 0 amide bonds. The summed E-state index contributed by atoms with van der Waals surface area (Å²) < 4.78 is 11.3. The predicted molar refractivity (Wildman–Crippen MR) is 129 cm³/mol. The number of hydrogen-bond donors (Lipinski definition) is 0. The zero-order valence-corrected chi connectivity index (χ0v) is 19.4. The summed E-state index contributed by atoms with van der Waals surface area (Å²) in [6.45, 7) is 2.24. The van der Waals surface area contributed by atoms with Gasteiger partial charge in [-0.05, 0) is 49.6 Å². The fourth-order valence-electron chi connectivity index (χ4n) is 4.56. The number of Topliss-reactive ketones (excluding diaryl/α,β-unsaturated/α-hetero) is 1. The Kier molecular flexibility index (Phi) is 6.92. The van der Waals surface area contributed by atoms with E-state index in [4.69, 9.17) is 9.47 Å². The molecular formula is C27H30N2O4. The lowest BCUT2D eigenvalue weighted by molar-refractivity contribution is -0.147. The molecule has 2 aromatic carbocycles. The van der Waals surface area contributed by atoms with E-state index in [1.54, 1.807) is 0 Å². The summed E-state index contributed by atoms with van der Waals surface area (Å²) in [7, 11) is 3.96. The van der Waals surface area contributed by atoms with Gasteiger partial charge in [0.05, 0.1) is 0 Å². The van der Waals surface area contributed by atoms with E-state index in [2.05, 4.69) is 4.99 Å². The van der Waals surface area contributed by atoms with E-state index >= 15 is 0 Å². The molecule has 0 N–H and O–H groups in total. The fourth-order valence-corrected chi connectivity index (χ4v) is 4.56. The normalized spacial score (nSPS) is 20.1. The lowest BCUT2D eigenvalue weighted by atomic mass is 9.72. The number of esters is 1. The Hall–Kier alpha value is -3.41. The van der Waals surface area contributed by atoms with Crippen molar-refractivity contribution in [2.45, 2.75) is 32.1 Å². The van der Waals surface area contributed by atoms with Crippen LogP contribution in [-0.4, -0.2) is 44.8 Å². The highest BCUT2D eigenvalue weighted by Crippen LogP contribution is 2.43. The molecule has 0 bridgehead atoms. The van der Waals surface area contributed by atoms with Crippen LogP contribution in [0.25, 0.3) is 0 Å². The molecule has 2 aromatic rings. The summed E-state index contributed by atoms with van der Waals surface area (Å²) in [5.74, 6) is -0.582. The van der Waals surface area contributed by atoms with Crippen LogP contribution in [0.3, 0.4) is 0 Å². The molecule has 0 saturated heterocycles. The predicted octanol–water partition coefficient (Wildman–Crippen LogP) is 4.56. The van der Waals surface area contributed by atoms with Crippen molar-refractivity contribution in [3.63, 3.8) is 0 Å². The van der Waals surface area contributed by atoms with Crippen LogP contribution in [0.15, 0.2) is 70.9 Å². The minimum atomic E-state index is -0.632. The van der Waals surface area contributed by atoms with Crippen molar-refractivity contribution in [2.75, 3.05) is 32.2 Å². The van der Waals surface area contributed by atoms with Gasteiger partial charge in [0.25, 0.3) is 0 Å². The standard InChI is InChI=1S/C27H30N2O4/c1-18-24(27(31)33-17-16-32-21-8-5-4-6-9-21)25(19-12-14-20(15-13-19)29(2)3)26-22(28-18)10-7-11-23(26)30/h4-6,8-9,12-15,24-25H,7,10-11,16-17H2,1-3H3/t24?,25-/m1/s1. The van der Waals surface area contributed by atoms with E-state index in [1.165, 1.54) is 0 Å². The molecule has 0 radical (unpaired) electrons. The lowest BCUT2D eigenvalue weighted by Crippen LogP contribution is -2.37. The number of rotatable bonds is 7. The third kappa shape index (κ3) is 5.00. The van der Waals surface area contributed by atoms with Crippen LogP contribution in [0.2, 0.25) is 0 Å². The summed E-state index contributed by atoms with van der Waals surface area (Å²) >= 11 is 0. The van der Waals surface area contributed by atoms with Crippen LogP contribution in [0.5, 0.6) is 5.75 Å². The van der Waals surface area contributed by atoms with E-state index in [-0.39, 0.29) is 30.9 Å². The molecule has 0 saturated carbocycles. The van der Waals surface area contributed by atoms with Crippen LogP contribution in [-0.2, 0) is 14.3 Å². The summed E-state index contributed by atoms with van der Waals surface area (Å²) in [6, 6.07) is 17.4. The topological polar surface area (TPSA) is 68.2 Å². The molecule has 33 heavy (non-hydrogen) atoms. The number of benzene rings is 2. The largest absolute Gasteiger partial charge is 0.490 e. The number of anilines is 1. The Labute approximate surface area is 194 Å². The molecule has 172 valence electrons. The van der Waals surface area contributed by atoms with Crippen LogP contribution >= 0.6 is 0 Å². The molecule has 2 aliphatic rings. The highest BCUT2D eigenvalue weighted by molar-refractivity contribution is 6.08. The summed E-state index contributed by atoms with van der Waals surface area (Å²) in [5.41, 5.74) is 4.18. The molecule has 0 fully saturated rings. The van der Waals surface area contributed by atoms with Gasteiger partial charge in [0.2, 0.25) is 0 Å². The molecule has 0 spiro atoms. The third-order valence-corrected chi connectivity index (χ3v) is 6.20. The van der Waals surface area contributed by atoms with E-state index in [1.807, 2.05) is 80.5 Å². The van der Waals surface area contributed by atoms with Gasteiger partial charge in [0.1, 0.15) is 24.9 Å². The van der Waals surface area contributed by atoms with E-state index in [0.717, 1.165) is 35.5 Å². The molecule has 1 aliphatic heterocycles. The van der Waals surface area contributed by atoms with Gasteiger partial charge in [-0.25, -0.2) is 0 Å². The number of para-hydroxylation sites is 1. The number of nitrogens with zero attached hydrogens (tertiary/aromatic N) is 2. The molecule has 1 unspecified atom stereocenters. The maximum Gasteiger partial charge on any atom is 0.315 e. The minimum Gasteiger partial charge on any atom is -0.490 e. The molecule has 2 atom stereocenters. The third-order valence-electron chi connectivity index (χ3n) is 6.20. The van der Waals surface area contributed by atoms with Gasteiger partial charge in [-0.1, -0.05) is 30.3 Å². The number of carbonyl (C=O) groups is 2. The number of aliphatic imine (C=N–C) groups is 1. The Morgan fingerprint density at radius 3 is 2.45 bits per heavy atom. The number of hydrogen-bond acceptors (Lipinski definition) is 6. The van der Waals surface area contributed by atoms with E-state index in [9.17, 15) is 9.59 Å². The first-order chi connectivity index (χ1) is 16.0. The van der Waals surface area contributed by atoms with Crippen molar-refractivity contribution in [2.24, 2.45) is 10.9 Å². The van der Waals surface area contributed by atoms with Gasteiger partial charge in [0, 0.05) is 49.1 Å². The van der Waals surface area contributed by atoms with Crippen molar-refractivity contribution in [1.29, 1.82) is 0 Å². The maximum atomic E-state index is 13.3. The first kappa shape index (κ1) is 22.8. The van der Waals surface area contributed by atoms with Crippen molar-refractivity contribution in [3.05, 3.63) is 71.4 Å². The van der Waals surface area contributed by atoms with Crippen molar-refractivity contribution in [3.8, 4) is 5.75 Å². The number of carbonyl (C=O) groups excluding carboxylic acids is 2. The average Bonchev–Trinajstić information content (AvgIpc) is 2.81. The molecule has 4 rings (SSSR count). The van der Waals surface area contributed by atoms with E-state index in [0.29, 0.717) is 17.7 Å². The Morgan fingerprint density at radius 1 is 1.03 bits per heavy atom. The highest BCUT2D eigenvalue weighted by atomic mass is 16.6. The summed E-state index contributed by atoms with van der Waals surface area (Å²) in [4.78, 5) is 32.9. The second-order valence-corrected chi connectivity index (χ2v) is 8.66. The van der Waals surface area contributed by atoms with Gasteiger partial charge in [-0.2, -0.15) is 0 Å². The van der Waals surface area contributed by atoms with Crippen molar-refractivity contribution < 1.29 is 19.1 Å². The van der Waals surface area contributed by atoms with Crippen LogP contribution in [0, 0.1) is 5.92 Å². The SMILES string of the molecule is CC1=NC2=C(C(=O)CCC2)[C@H](c2ccc(N(C)C)cc2)C1C(=O)OCCOc1ccccc1. The molecular weight excluding hydrogens is 416 g/mol. The smallest absolute Gasteiger partial charge is 0.315 e. The Balaban J connectivity index is 1.56. The Bertz CT molecular complexity index is 1070. The van der Waals surface area contributed by atoms with Crippen LogP contribution < -0.4 is 9.64 Å². The van der Waals surface area contributed by atoms with E-state index < -0.39 is 5.92 Å². The Morgan fingerprint density at radius 2 is 1.76 bits per heavy atom. The molecule has 6 nitrogen and oxygen atoms in total. The van der Waals surface area contributed by atoms with Gasteiger partial charge < -0.3 is 14.4 Å². The summed E-state index contributed by atoms with van der Waals surface area (Å²) in [6.07, 6.45) is 2.05.